The predicted octanol–water partition coefficient (Wildman–Crippen LogP) is 2.61. The van der Waals surface area contributed by atoms with Gasteiger partial charge in [0.2, 0.25) is 0 Å². The maximum absolute atomic E-state index is 12.4. The molecule has 2 aliphatic rings. The molecule has 2 saturated heterocycles. The molecule has 1 aromatic heterocycles. The second-order valence-electron chi connectivity index (χ2n) is 5.68. The maximum atomic E-state index is 12.4. The second kappa shape index (κ2) is 6.20. The first-order valence-corrected chi connectivity index (χ1v) is 7.91. The fourth-order valence-electron chi connectivity index (χ4n) is 3.01. The van der Waals surface area contributed by atoms with Gasteiger partial charge in [0, 0.05) is 12.1 Å². The predicted molar refractivity (Wildman–Crippen MR) is 81.8 cm³/mol. The molecule has 0 aromatic carbocycles. The number of ether oxygens (including phenoxy) is 1. The normalized spacial score (nSPS) is 26.9. The van der Waals surface area contributed by atoms with Crippen LogP contribution in [0.1, 0.15) is 43.0 Å². The van der Waals surface area contributed by atoms with Gasteiger partial charge in [0.25, 0.3) is 5.91 Å². The summed E-state index contributed by atoms with van der Waals surface area (Å²) in [6, 6.07) is 3.46. The van der Waals surface area contributed by atoms with E-state index in [0.29, 0.717) is 22.6 Å². The van der Waals surface area contributed by atoms with Crippen molar-refractivity contribution < 1.29 is 9.53 Å². The molecular weight excluding hydrogens is 290 g/mol. The fourth-order valence-corrected chi connectivity index (χ4v) is 3.22. The van der Waals surface area contributed by atoms with Crippen molar-refractivity contribution >= 4 is 23.3 Å². The van der Waals surface area contributed by atoms with E-state index in [1.54, 1.807) is 12.1 Å². The van der Waals surface area contributed by atoms with E-state index in [1.165, 1.54) is 0 Å². The molecule has 114 valence electrons. The van der Waals surface area contributed by atoms with Gasteiger partial charge in [-0.2, -0.15) is 0 Å². The molecule has 2 N–H and O–H groups in total. The van der Waals surface area contributed by atoms with Crippen molar-refractivity contribution in [1.29, 1.82) is 0 Å². The summed E-state index contributed by atoms with van der Waals surface area (Å²) in [5.41, 5.74) is 0.538. The van der Waals surface area contributed by atoms with Crippen LogP contribution in [0.4, 0.5) is 5.82 Å². The lowest BCUT2D eigenvalue weighted by atomic mass is 9.95. The quantitative estimate of drug-likeness (QED) is 0.821. The molecule has 3 unspecified atom stereocenters. The Bertz CT molecular complexity index is 538. The Kier molecular flexibility index (Phi) is 4.31. The molecule has 2 aliphatic heterocycles. The van der Waals surface area contributed by atoms with E-state index in [2.05, 4.69) is 22.5 Å². The lowest BCUT2D eigenvalue weighted by molar-refractivity contribution is 0.0841. The number of anilines is 1. The Morgan fingerprint density at radius 1 is 1.48 bits per heavy atom. The van der Waals surface area contributed by atoms with Crippen molar-refractivity contribution in [3.8, 4) is 0 Å². The van der Waals surface area contributed by atoms with Gasteiger partial charge in [-0.15, -0.1) is 0 Å². The highest BCUT2D eigenvalue weighted by molar-refractivity contribution is 6.29. The van der Waals surface area contributed by atoms with Crippen molar-refractivity contribution in [3.05, 3.63) is 22.8 Å². The van der Waals surface area contributed by atoms with E-state index >= 15 is 0 Å². The summed E-state index contributed by atoms with van der Waals surface area (Å²) < 4.78 is 5.76. The second-order valence-corrected chi connectivity index (χ2v) is 6.07. The standard InChI is InChI=1S/C15H20ClN3O2/c1-2-5-17-14-7-9(6-13(16)19-14)15(20)18-11-8-10-3-4-12(11)21-10/h6-7,10-12H,2-5,8H2,1H3,(H,17,19)(H,18,20). The first-order valence-electron chi connectivity index (χ1n) is 7.53. The Morgan fingerprint density at radius 2 is 2.33 bits per heavy atom. The number of nitrogens with one attached hydrogen (secondary N) is 2. The molecule has 5 nitrogen and oxygen atoms in total. The number of hydrogen-bond acceptors (Lipinski definition) is 4. The number of fused-ring (bicyclic) bond motifs is 2. The van der Waals surface area contributed by atoms with Crippen LogP contribution in [0.15, 0.2) is 12.1 Å². The van der Waals surface area contributed by atoms with Crippen molar-refractivity contribution in [2.45, 2.75) is 50.9 Å². The molecule has 3 heterocycles. The highest BCUT2D eigenvalue weighted by Crippen LogP contribution is 2.34. The van der Waals surface area contributed by atoms with Gasteiger partial charge in [-0.1, -0.05) is 18.5 Å². The van der Waals surface area contributed by atoms with Crippen LogP contribution in [0.5, 0.6) is 0 Å². The zero-order chi connectivity index (χ0) is 14.8. The SMILES string of the molecule is CCCNc1cc(C(=O)NC2CC3CCC2O3)cc(Cl)n1. The van der Waals surface area contributed by atoms with E-state index < -0.39 is 0 Å². The molecule has 2 bridgehead atoms. The van der Waals surface area contributed by atoms with Crippen LogP contribution in [0.3, 0.4) is 0 Å². The molecule has 1 amide bonds. The number of rotatable bonds is 5. The Labute approximate surface area is 129 Å². The Balaban J connectivity index is 1.67. The van der Waals surface area contributed by atoms with Gasteiger partial charge in [0.15, 0.2) is 0 Å². The van der Waals surface area contributed by atoms with Crippen LogP contribution in [-0.4, -0.2) is 35.7 Å². The summed E-state index contributed by atoms with van der Waals surface area (Å²) in [7, 11) is 0. The van der Waals surface area contributed by atoms with E-state index in [1.807, 2.05) is 0 Å². The number of carbonyl (C=O) groups excluding carboxylic acids is 1. The van der Waals surface area contributed by atoms with Gasteiger partial charge in [-0.3, -0.25) is 4.79 Å². The molecule has 0 aliphatic carbocycles. The van der Waals surface area contributed by atoms with Crippen LogP contribution in [0.25, 0.3) is 0 Å². The molecule has 0 spiro atoms. The first kappa shape index (κ1) is 14.6. The topological polar surface area (TPSA) is 63.2 Å². The number of pyridine rings is 1. The third-order valence-electron chi connectivity index (χ3n) is 4.03. The zero-order valence-corrected chi connectivity index (χ0v) is 12.8. The van der Waals surface area contributed by atoms with Gasteiger partial charge < -0.3 is 15.4 Å². The highest BCUT2D eigenvalue weighted by Gasteiger charge is 2.41. The third-order valence-corrected chi connectivity index (χ3v) is 4.23. The summed E-state index contributed by atoms with van der Waals surface area (Å²) in [6.45, 7) is 2.87. The summed E-state index contributed by atoms with van der Waals surface area (Å²) in [6.07, 6.45) is 4.55. The van der Waals surface area contributed by atoms with Crippen molar-refractivity contribution in [2.24, 2.45) is 0 Å². The number of hydrogen-bond donors (Lipinski definition) is 2. The molecule has 3 rings (SSSR count). The van der Waals surface area contributed by atoms with E-state index in [-0.39, 0.29) is 18.1 Å². The molecule has 1 aromatic rings. The minimum atomic E-state index is -0.111. The van der Waals surface area contributed by atoms with Gasteiger partial charge in [-0.25, -0.2) is 4.98 Å². The van der Waals surface area contributed by atoms with E-state index in [0.717, 1.165) is 32.2 Å². The van der Waals surface area contributed by atoms with Crippen molar-refractivity contribution in [1.82, 2.24) is 10.3 Å². The number of aromatic nitrogens is 1. The van der Waals surface area contributed by atoms with Crippen molar-refractivity contribution in [2.75, 3.05) is 11.9 Å². The fraction of sp³-hybridized carbons (Fsp3) is 0.600. The number of amides is 1. The number of nitrogens with zero attached hydrogens (tertiary/aromatic N) is 1. The van der Waals surface area contributed by atoms with Crippen molar-refractivity contribution in [3.63, 3.8) is 0 Å². The van der Waals surface area contributed by atoms with Gasteiger partial charge >= 0.3 is 0 Å². The van der Waals surface area contributed by atoms with Gasteiger partial charge in [0.05, 0.1) is 18.2 Å². The molecule has 0 radical (unpaired) electrons. The molecule has 3 atom stereocenters. The smallest absolute Gasteiger partial charge is 0.251 e. The molecule has 2 fully saturated rings. The van der Waals surface area contributed by atoms with Gasteiger partial charge in [0.1, 0.15) is 11.0 Å². The average Bonchev–Trinajstić information content (AvgIpc) is 3.07. The summed E-state index contributed by atoms with van der Waals surface area (Å²) >= 11 is 6.00. The summed E-state index contributed by atoms with van der Waals surface area (Å²) in [5, 5.41) is 6.53. The minimum Gasteiger partial charge on any atom is -0.373 e. The minimum absolute atomic E-state index is 0.111. The lowest BCUT2D eigenvalue weighted by Gasteiger charge is -2.20. The maximum Gasteiger partial charge on any atom is 0.251 e. The zero-order valence-electron chi connectivity index (χ0n) is 12.1. The largest absolute Gasteiger partial charge is 0.373 e. The Hall–Kier alpha value is -1.33. The summed E-state index contributed by atoms with van der Waals surface area (Å²) in [5.74, 6) is 0.527. The number of carbonyl (C=O) groups is 1. The lowest BCUT2D eigenvalue weighted by Crippen LogP contribution is -2.41. The van der Waals surface area contributed by atoms with E-state index in [4.69, 9.17) is 16.3 Å². The summed E-state index contributed by atoms with van der Waals surface area (Å²) in [4.78, 5) is 16.5. The van der Waals surface area contributed by atoms with Crippen LogP contribution in [0, 0.1) is 0 Å². The van der Waals surface area contributed by atoms with E-state index in [9.17, 15) is 4.79 Å². The molecule has 21 heavy (non-hydrogen) atoms. The number of halogens is 1. The molecule has 6 heteroatoms. The highest BCUT2D eigenvalue weighted by atomic mass is 35.5. The van der Waals surface area contributed by atoms with Gasteiger partial charge in [-0.05, 0) is 37.8 Å². The van der Waals surface area contributed by atoms with Crippen LogP contribution < -0.4 is 10.6 Å². The average molecular weight is 310 g/mol. The molecule has 0 saturated carbocycles. The monoisotopic (exact) mass is 309 g/mol. The Morgan fingerprint density at radius 3 is 3.00 bits per heavy atom. The molecular formula is C15H20ClN3O2. The third kappa shape index (κ3) is 3.30. The van der Waals surface area contributed by atoms with Crippen LogP contribution in [-0.2, 0) is 4.74 Å². The first-order chi connectivity index (χ1) is 10.2. The van der Waals surface area contributed by atoms with Crippen LogP contribution >= 0.6 is 11.6 Å². The van der Waals surface area contributed by atoms with Crippen LogP contribution in [0.2, 0.25) is 5.15 Å².